The quantitative estimate of drug-likeness (QED) is 0.828. The maximum Gasteiger partial charge on any atom is 0.408 e. The van der Waals surface area contributed by atoms with Crippen molar-refractivity contribution in [2.75, 3.05) is 19.7 Å². The van der Waals surface area contributed by atoms with Crippen LogP contribution in [0.25, 0.3) is 0 Å². The summed E-state index contributed by atoms with van der Waals surface area (Å²) >= 11 is 0. The highest BCUT2D eigenvalue weighted by atomic mass is 16.6. The lowest BCUT2D eigenvalue weighted by Gasteiger charge is -2.35. The number of likely N-dealkylation sites (tertiary alicyclic amines) is 1. The molecule has 27 heavy (non-hydrogen) atoms. The van der Waals surface area contributed by atoms with Crippen molar-refractivity contribution in [2.45, 2.75) is 64.7 Å². The zero-order chi connectivity index (χ0) is 19.9. The lowest BCUT2D eigenvalue weighted by Crippen LogP contribution is -2.54. The summed E-state index contributed by atoms with van der Waals surface area (Å²) in [7, 11) is 0. The molecule has 1 saturated heterocycles. The molecule has 1 fully saturated rings. The molecule has 1 aliphatic rings. The Morgan fingerprint density at radius 3 is 2.59 bits per heavy atom. The van der Waals surface area contributed by atoms with Crippen LogP contribution >= 0.6 is 0 Å². The number of nitrogens with zero attached hydrogens (tertiary/aromatic N) is 1. The van der Waals surface area contributed by atoms with E-state index in [1.54, 1.807) is 25.7 Å². The van der Waals surface area contributed by atoms with Gasteiger partial charge in [-0.05, 0) is 46.1 Å². The van der Waals surface area contributed by atoms with Crippen LogP contribution in [0.4, 0.5) is 4.79 Å². The van der Waals surface area contributed by atoms with Crippen molar-refractivity contribution >= 4 is 12.0 Å². The minimum atomic E-state index is -0.664. The smallest absolute Gasteiger partial charge is 0.408 e. The van der Waals surface area contributed by atoms with E-state index in [1.807, 2.05) is 37.3 Å². The molecule has 1 N–H and O–H groups in total. The summed E-state index contributed by atoms with van der Waals surface area (Å²) in [5, 5.41) is 2.77. The highest BCUT2D eigenvalue weighted by molar-refractivity contribution is 5.86. The zero-order valence-corrected chi connectivity index (χ0v) is 16.9. The largest absolute Gasteiger partial charge is 0.444 e. The highest BCUT2D eigenvalue weighted by Crippen LogP contribution is 2.16. The van der Waals surface area contributed by atoms with Crippen LogP contribution in [-0.2, 0) is 20.7 Å². The molecular weight excluding hydrogens is 344 g/mol. The molecule has 0 saturated carbocycles. The number of hydrogen-bond acceptors (Lipinski definition) is 4. The standard InChI is InChI=1S/C21H32N2O4/c1-5-26-17-12-9-13-23(15-17)19(24)18(14-16-10-7-6-8-11-16)22-20(25)27-21(2,3)4/h6-8,10-11,17-18H,5,9,12-15H2,1-4H3,(H,22,25). The molecule has 2 unspecified atom stereocenters. The van der Waals surface area contributed by atoms with Gasteiger partial charge in [0, 0.05) is 26.1 Å². The van der Waals surface area contributed by atoms with Gasteiger partial charge in [-0.1, -0.05) is 30.3 Å². The molecule has 0 aliphatic carbocycles. The third-order valence-electron chi connectivity index (χ3n) is 4.36. The minimum absolute atomic E-state index is 0.0617. The van der Waals surface area contributed by atoms with Gasteiger partial charge in [0.15, 0.2) is 0 Å². The molecule has 0 radical (unpaired) electrons. The van der Waals surface area contributed by atoms with Crippen molar-refractivity contribution in [1.29, 1.82) is 0 Å². The minimum Gasteiger partial charge on any atom is -0.444 e. The molecule has 2 rings (SSSR count). The van der Waals surface area contributed by atoms with Crippen LogP contribution in [0, 0.1) is 0 Å². The van der Waals surface area contributed by atoms with Gasteiger partial charge in [0.1, 0.15) is 11.6 Å². The first-order valence-electron chi connectivity index (χ1n) is 9.72. The van der Waals surface area contributed by atoms with Gasteiger partial charge < -0.3 is 19.7 Å². The maximum absolute atomic E-state index is 13.2. The SMILES string of the molecule is CCOC1CCCN(C(=O)C(Cc2ccccc2)NC(=O)OC(C)(C)C)C1. The Morgan fingerprint density at radius 2 is 1.96 bits per heavy atom. The third kappa shape index (κ3) is 7.21. The van der Waals surface area contributed by atoms with Gasteiger partial charge in [-0.3, -0.25) is 4.79 Å². The number of amides is 2. The van der Waals surface area contributed by atoms with Crippen LogP contribution in [0.15, 0.2) is 30.3 Å². The van der Waals surface area contributed by atoms with Crippen LogP contribution < -0.4 is 5.32 Å². The van der Waals surface area contributed by atoms with E-state index in [4.69, 9.17) is 9.47 Å². The molecule has 1 aliphatic heterocycles. The predicted octanol–water partition coefficient (Wildman–Crippen LogP) is 3.15. The number of hydrogen-bond donors (Lipinski definition) is 1. The molecule has 2 amide bonds. The maximum atomic E-state index is 13.2. The molecule has 2 atom stereocenters. The molecule has 6 nitrogen and oxygen atoms in total. The first-order valence-corrected chi connectivity index (χ1v) is 9.72. The summed E-state index contributed by atoms with van der Waals surface area (Å²) in [6.07, 6.45) is 1.78. The second-order valence-corrected chi connectivity index (χ2v) is 7.89. The van der Waals surface area contributed by atoms with E-state index in [9.17, 15) is 9.59 Å². The predicted molar refractivity (Wildman–Crippen MR) is 105 cm³/mol. The van der Waals surface area contributed by atoms with Crippen molar-refractivity contribution < 1.29 is 19.1 Å². The first-order chi connectivity index (χ1) is 12.8. The second-order valence-electron chi connectivity index (χ2n) is 7.89. The lowest BCUT2D eigenvalue weighted by molar-refractivity contribution is -0.137. The zero-order valence-electron chi connectivity index (χ0n) is 16.9. The van der Waals surface area contributed by atoms with Crippen LogP contribution in [0.2, 0.25) is 0 Å². The Hall–Kier alpha value is -2.08. The topological polar surface area (TPSA) is 67.9 Å². The fourth-order valence-electron chi connectivity index (χ4n) is 3.23. The summed E-state index contributed by atoms with van der Waals surface area (Å²) in [6, 6.07) is 9.03. The average molecular weight is 376 g/mol. The molecule has 0 spiro atoms. The number of carbonyl (C=O) groups excluding carboxylic acids is 2. The molecule has 6 heteroatoms. The number of rotatable bonds is 6. The van der Waals surface area contributed by atoms with E-state index in [2.05, 4.69) is 5.32 Å². The Bertz CT molecular complexity index is 610. The fraction of sp³-hybridized carbons (Fsp3) is 0.619. The number of benzene rings is 1. The molecule has 150 valence electrons. The Labute approximate surface area is 162 Å². The van der Waals surface area contributed by atoms with Gasteiger partial charge >= 0.3 is 6.09 Å². The molecule has 1 aromatic rings. The number of ether oxygens (including phenoxy) is 2. The normalized spacial score (nSPS) is 18.7. The van der Waals surface area contributed by atoms with Crippen LogP contribution in [0.5, 0.6) is 0 Å². The summed E-state index contributed by atoms with van der Waals surface area (Å²) in [5.74, 6) is -0.0888. The van der Waals surface area contributed by atoms with E-state index < -0.39 is 17.7 Å². The van der Waals surface area contributed by atoms with Crippen LogP contribution in [0.1, 0.15) is 46.1 Å². The monoisotopic (exact) mass is 376 g/mol. The van der Waals surface area contributed by atoms with E-state index in [1.165, 1.54) is 0 Å². The first kappa shape index (κ1) is 21.2. The molecule has 1 aromatic carbocycles. The summed E-state index contributed by atoms with van der Waals surface area (Å²) in [6.45, 7) is 9.25. The van der Waals surface area contributed by atoms with E-state index >= 15 is 0 Å². The van der Waals surface area contributed by atoms with Gasteiger partial charge in [-0.2, -0.15) is 0 Å². The molecular formula is C21H32N2O4. The molecule has 0 bridgehead atoms. The molecule has 0 aromatic heterocycles. The van der Waals surface area contributed by atoms with Crippen LogP contribution in [0.3, 0.4) is 0 Å². The third-order valence-corrected chi connectivity index (χ3v) is 4.36. The van der Waals surface area contributed by atoms with E-state index in [-0.39, 0.29) is 12.0 Å². The fourth-order valence-corrected chi connectivity index (χ4v) is 3.23. The van der Waals surface area contributed by atoms with E-state index in [0.29, 0.717) is 26.1 Å². The summed E-state index contributed by atoms with van der Waals surface area (Å²) in [5.41, 5.74) is 0.376. The van der Waals surface area contributed by atoms with Gasteiger partial charge in [0.2, 0.25) is 5.91 Å². The summed E-state index contributed by atoms with van der Waals surface area (Å²) < 4.78 is 11.1. The van der Waals surface area contributed by atoms with Gasteiger partial charge in [-0.25, -0.2) is 4.79 Å². The summed E-state index contributed by atoms with van der Waals surface area (Å²) in [4.78, 5) is 27.2. The van der Waals surface area contributed by atoms with Crippen molar-refractivity contribution in [1.82, 2.24) is 10.2 Å². The lowest BCUT2D eigenvalue weighted by atomic mass is 10.0. The van der Waals surface area contributed by atoms with Crippen molar-refractivity contribution in [3.63, 3.8) is 0 Å². The van der Waals surface area contributed by atoms with Crippen molar-refractivity contribution in [3.05, 3.63) is 35.9 Å². The second kappa shape index (κ2) is 9.74. The van der Waals surface area contributed by atoms with E-state index in [0.717, 1.165) is 18.4 Å². The molecule has 1 heterocycles. The number of carbonyl (C=O) groups is 2. The van der Waals surface area contributed by atoms with Gasteiger partial charge in [0.05, 0.1) is 6.10 Å². The Kier molecular flexibility index (Phi) is 7.66. The Balaban J connectivity index is 2.10. The van der Waals surface area contributed by atoms with Crippen molar-refractivity contribution in [2.24, 2.45) is 0 Å². The van der Waals surface area contributed by atoms with Crippen molar-refractivity contribution in [3.8, 4) is 0 Å². The number of piperidine rings is 1. The van der Waals surface area contributed by atoms with Gasteiger partial charge in [-0.15, -0.1) is 0 Å². The number of alkyl carbamates (subject to hydrolysis) is 1. The van der Waals surface area contributed by atoms with Gasteiger partial charge in [0.25, 0.3) is 0 Å². The number of nitrogens with one attached hydrogen (secondary N) is 1. The van der Waals surface area contributed by atoms with Crippen LogP contribution in [-0.4, -0.2) is 54.3 Å². The Morgan fingerprint density at radius 1 is 1.26 bits per heavy atom. The highest BCUT2D eigenvalue weighted by Gasteiger charge is 2.31. The average Bonchev–Trinajstić information content (AvgIpc) is 2.60.